The van der Waals surface area contributed by atoms with E-state index in [4.69, 9.17) is 4.74 Å². The van der Waals surface area contributed by atoms with Gasteiger partial charge in [0.15, 0.2) is 0 Å². The quantitative estimate of drug-likeness (QED) is 0.918. The highest BCUT2D eigenvalue weighted by Crippen LogP contribution is 2.22. The van der Waals surface area contributed by atoms with E-state index in [9.17, 15) is 4.79 Å². The van der Waals surface area contributed by atoms with Gasteiger partial charge in [0.1, 0.15) is 5.75 Å². The van der Waals surface area contributed by atoms with Gasteiger partial charge >= 0.3 is 0 Å². The molecule has 0 saturated heterocycles. The number of likely N-dealkylation sites (N-methyl/N-ethyl adjacent to an activating group) is 2. The van der Waals surface area contributed by atoms with Crippen molar-refractivity contribution in [3.8, 4) is 5.75 Å². The molecule has 0 aliphatic carbocycles. The van der Waals surface area contributed by atoms with Crippen LogP contribution in [0.4, 0.5) is 0 Å². The van der Waals surface area contributed by atoms with E-state index in [1.54, 1.807) is 14.2 Å². The Morgan fingerprint density at radius 1 is 1.24 bits per heavy atom. The molecule has 0 fully saturated rings. The van der Waals surface area contributed by atoms with Crippen molar-refractivity contribution >= 4 is 16.7 Å². The predicted octanol–water partition coefficient (Wildman–Crippen LogP) is 2.41. The first-order chi connectivity index (χ1) is 10.0. The minimum atomic E-state index is -0.151. The Labute approximate surface area is 125 Å². The number of nitrogens with zero attached hydrogens (tertiary/aromatic N) is 1. The lowest BCUT2D eigenvalue weighted by atomic mass is 10.1. The van der Waals surface area contributed by atoms with Crippen molar-refractivity contribution in [1.29, 1.82) is 0 Å². The van der Waals surface area contributed by atoms with Gasteiger partial charge in [-0.25, -0.2) is 0 Å². The van der Waals surface area contributed by atoms with Crippen LogP contribution >= 0.6 is 0 Å². The molecule has 0 radical (unpaired) electrons. The van der Waals surface area contributed by atoms with Gasteiger partial charge in [0.2, 0.25) is 5.91 Å². The lowest BCUT2D eigenvalue weighted by Gasteiger charge is -2.23. The number of rotatable bonds is 5. The molecule has 0 heterocycles. The Kier molecular flexibility index (Phi) is 4.81. The van der Waals surface area contributed by atoms with E-state index in [0.29, 0.717) is 0 Å². The molecule has 0 aromatic heterocycles. The number of carbonyl (C=O) groups excluding carboxylic acids is 1. The standard InChI is InChI=1S/C17H22N2O2/c1-12(17(20)18-2)19(3)11-13-5-6-15-10-16(21-4)8-7-14(15)9-13/h5-10,12H,11H2,1-4H3,(H,18,20)/t12-/m1/s1. The molecule has 0 saturated carbocycles. The number of methoxy groups -OCH3 is 1. The Morgan fingerprint density at radius 2 is 1.90 bits per heavy atom. The summed E-state index contributed by atoms with van der Waals surface area (Å²) < 4.78 is 5.23. The van der Waals surface area contributed by atoms with Crippen LogP contribution < -0.4 is 10.1 Å². The molecule has 1 atom stereocenters. The van der Waals surface area contributed by atoms with Crippen molar-refractivity contribution in [2.75, 3.05) is 21.2 Å². The van der Waals surface area contributed by atoms with E-state index in [1.807, 2.05) is 31.0 Å². The van der Waals surface area contributed by atoms with Crippen LogP contribution in [-0.4, -0.2) is 38.1 Å². The van der Waals surface area contributed by atoms with Crippen LogP contribution in [0.25, 0.3) is 10.8 Å². The van der Waals surface area contributed by atoms with Crippen molar-refractivity contribution in [2.24, 2.45) is 0 Å². The molecular weight excluding hydrogens is 264 g/mol. The summed E-state index contributed by atoms with van der Waals surface area (Å²) in [5, 5.41) is 5.01. The molecule has 1 N–H and O–H groups in total. The van der Waals surface area contributed by atoms with Crippen LogP contribution in [-0.2, 0) is 11.3 Å². The summed E-state index contributed by atoms with van der Waals surface area (Å²) in [5.41, 5.74) is 1.19. The van der Waals surface area contributed by atoms with E-state index in [0.717, 1.165) is 17.7 Å². The normalized spacial score (nSPS) is 12.4. The van der Waals surface area contributed by atoms with Crippen LogP contribution in [0.15, 0.2) is 36.4 Å². The number of nitrogens with one attached hydrogen (secondary N) is 1. The van der Waals surface area contributed by atoms with E-state index in [1.165, 1.54) is 10.9 Å². The molecule has 0 aliphatic heterocycles. The first kappa shape index (κ1) is 15.3. The summed E-state index contributed by atoms with van der Waals surface area (Å²) in [6.07, 6.45) is 0. The molecular formula is C17H22N2O2. The van der Waals surface area contributed by atoms with Gasteiger partial charge in [0.25, 0.3) is 0 Å². The number of carbonyl (C=O) groups is 1. The van der Waals surface area contributed by atoms with Crippen molar-refractivity contribution < 1.29 is 9.53 Å². The summed E-state index contributed by atoms with van der Waals surface area (Å²) in [7, 11) is 5.29. The zero-order valence-electron chi connectivity index (χ0n) is 13.0. The lowest BCUT2D eigenvalue weighted by Crippen LogP contribution is -2.41. The maximum Gasteiger partial charge on any atom is 0.236 e. The van der Waals surface area contributed by atoms with Gasteiger partial charge in [-0.1, -0.05) is 18.2 Å². The molecule has 4 nitrogen and oxygen atoms in total. The average molecular weight is 286 g/mol. The van der Waals surface area contributed by atoms with Crippen LogP contribution in [0.3, 0.4) is 0 Å². The summed E-state index contributed by atoms with van der Waals surface area (Å²) in [5.74, 6) is 0.892. The second-order valence-corrected chi connectivity index (χ2v) is 5.25. The highest BCUT2D eigenvalue weighted by Gasteiger charge is 2.16. The second kappa shape index (κ2) is 6.59. The van der Waals surface area contributed by atoms with Crippen molar-refractivity contribution in [3.05, 3.63) is 42.0 Å². The first-order valence-corrected chi connectivity index (χ1v) is 7.03. The van der Waals surface area contributed by atoms with Crippen molar-refractivity contribution in [3.63, 3.8) is 0 Å². The van der Waals surface area contributed by atoms with Crippen LogP contribution in [0.5, 0.6) is 5.75 Å². The number of hydrogen-bond donors (Lipinski definition) is 1. The molecule has 4 heteroatoms. The third-order valence-electron chi connectivity index (χ3n) is 3.83. The number of amides is 1. The van der Waals surface area contributed by atoms with Gasteiger partial charge in [-0.05, 0) is 48.5 Å². The molecule has 21 heavy (non-hydrogen) atoms. The number of hydrogen-bond acceptors (Lipinski definition) is 3. The minimum Gasteiger partial charge on any atom is -0.497 e. The fourth-order valence-corrected chi connectivity index (χ4v) is 2.33. The molecule has 1 amide bonds. The largest absolute Gasteiger partial charge is 0.497 e. The van der Waals surface area contributed by atoms with Gasteiger partial charge in [0, 0.05) is 13.6 Å². The maximum absolute atomic E-state index is 11.7. The predicted molar refractivity (Wildman–Crippen MR) is 85.5 cm³/mol. The minimum absolute atomic E-state index is 0.0306. The molecule has 2 rings (SSSR count). The van der Waals surface area contributed by atoms with Crippen LogP contribution in [0.2, 0.25) is 0 Å². The molecule has 2 aromatic carbocycles. The Morgan fingerprint density at radius 3 is 2.57 bits per heavy atom. The molecule has 0 spiro atoms. The number of benzene rings is 2. The third kappa shape index (κ3) is 3.52. The Bertz CT molecular complexity index is 640. The SMILES string of the molecule is CNC(=O)[C@@H](C)N(C)Cc1ccc2cc(OC)ccc2c1. The van der Waals surface area contributed by atoms with Gasteiger partial charge in [-0.15, -0.1) is 0 Å². The van der Waals surface area contributed by atoms with Gasteiger partial charge in [0.05, 0.1) is 13.2 Å². The maximum atomic E-state index is 11.7. The third-order valence-corrected chi connectivity index (χ3v) is 3.83. The number of ether oxygens (including phenoxy) is 1. The molecule has 112 valence electrons. The average Bonchev–Trinajstić information content (AvgIpc) is 2.52. The second-order valence-electron chi connectivity index (χ2n) is 5.25. The smallest absolute Gasteiger partial charge is 0.236 e. The van der Waals surface area contributed by atoms with Crippen molar-refractivity contribution in [2.45, 2.75) is 19.5 Å². The zero-order chi connectivity index (χ0) is 15.4. The fourth-order valence-electron chi connectivity index (χ4n) is 2.33. The zero-order valence-corrected chi connectivity index (χ0v) is 13.0. The lowest BCUT2D eigenvalue weighted by molar-refractivity contribution is -0.125. The Hall–Kier alpha value is -2.07. The van der Waals surface area contributed by atoms with E-state index >= 15 is 0 Å². The van der Waals surface area contributed by atoms with Crippen molar-refractivity contribution in [1.82, 2.24) is 10.2 Å². The molecule has 2 aromatic rings. The van der Waals surface area contributed by atoms with E-state index < -0.39 is 0 Å². The summed E-state index contributed by atoms with van der Waals surface area (Å²) in [4.78, 5) is 13.7. The molecule has 0 bridgehead atoms. The van der Waals surface area contributed by atoms with Crippen LogP contribution in [0, 0.1) is 0 Å². The Balaban J connectivity index is 2.17. The highest BCUT2D eigenvalue weighted by atomic mass is 16.5. The van der Waals surface area contributed by atoms with Gasteiger partial charge in [-0.2, -0.15) is 0 Å². The summed E-state index contributed by atoms with van der Waals surface area (Å²) in [6.45, 7) is 2.64. The van der Waals surface area contributed by atoms with Crippen LogP contribution in [0.1, 0.15) is 12.5 Å². The number of fused-ring (bicyclic) bond motifs is 1. The molecule has 0 unspecified atom stereocenters. The van der Waals surface area contributed by atoms with Gasteiger partial charge in [-0.3, -0.25) is 9.69 Å². The van der Waals surface area contributed by atoms with Gasteiger partial charge < -0.3 is 10.1 Å². The topological polar surface area (TPSA) is 41.6 Å². The van der Waals surface area contributed by atoms with E-state index in [-0.39, 0.29) is 11.9 Å². The first-order valence-electron chi connectivity index (χ1n) is 7.03. The highest BCUT2D eigenvalue weighted by molar-refractivity contribution is 5.84. The fraction of sp³-hybridized carbons (Fsp3) is 0.353. The monoisotopic (exact) mass is 286 g/mol. The summed E-state index contributed by atoms with van der Waals surface area (Å²) >= 11 is 0. The van der Waals surface area contributed by atoms with E-state index in [2.05, 4.69) is 29.6 Å². The summed E-state index contributed by atoms with van der Waals surface area (Å²) in [6, 6.07) is 12.2. The molecule has 0 aliphatic rings.